The second-order valence-electron chi connectivity index (χ2n) is 10.9. The molecule has 3 unspecified atom stereocenters. The molecule has 0 aliphatic heterocycles. The number of Topliss-reactive ketones (excluding diaryl/α,β-unsaturated/α-hetero) is 1. The number of rotatable bonds is 15. The number of nitrogens with zero attached hydrogens (tertiary/aromatic N) is 3. The molecule has 1 heterocycles. The van der Waals surface area contributed by atoms with Gasteiger partial charge in [-0.15, -0.1) is 0 Å². The summed E-state index contributed by atoms with van der Waals surface area (Å²) in [6.07, 6.45) is 8.07. The molecule has 3 atom stereocenters. The van der Waals surface area contributed by atoms with Crippen LogP contribution >= 0.6 is 0 Å². The van der Waals surface area contributed by atoms with Crippen molar-refractivity contribution in [3.8, 4) is 5.88 Å². The highest BCUT2D eigenvalue weighted by Gasteiger charge is 2.21. The lowest BCUT2D eigenvalue weighted by Crippen LogP contribution is -2.22. The maximum absolute atomic E-state index is 13.4. The average molecular weight is 506 g/mol. The predicted molar refractivity (Wildman–Crippen MR) is 157 cm³/mol. The molecule has 0 bridgehead atoms. The van der Waals surface area contributed by atoms with E-state index in [1.807, 2.05) is 39.0 Å². The summed E-state index contributed by atoms with van der Waals surface area (Å²) in [5.41, 5.74) is 5.06. The second-order valence-corrected chi connectivity index (χ2v) is 10.9. The first kappa shape index (κ1) is 30.4. The molecule has 0 spiro atoms. The zero-order valence-corrected chi connectivity index (χ0v) is 24.3. The molecule has 202 valence electrons. The Morgan fingerprint density at radius 2 is 1.84 bits per heavy atom. The van der Waals surface area contributed by atoms with Crippen LogP contribution < -0.4 is 4.74 Å². The Labute approximate surface area is 224 Å². The molecule has 0 aliphatic rings. The summed E-state index contributed by atoms with van der Waals surface area (Å²) < 4.78 is 6.37. The van der Waals surface area contributed by atoms with E-state index in [4.69, 9.17) is 4.74 Å². The molecule has 5 heteroatoms. The summed E-state index contributed by atoms with van der Waals surface area (Å²) >= 11 is 0. The van der Waals surface area contributed by atoms with Gasteiger partial charge in [0.2, 0.25) is 5.88 Å². The Morgan fingerprint density at radius 3 is 2.51 bits per heavy atom. The number of aliphatic imine (C=N–C) groups is 2. The fourth-order valence-electron chi connectivity index (χ4n) is 4.49. The molecular formula is C32H47N3O2. The second kappa shape index (κ2) is 15.4. The molecule has 0 aliphatic carbocycles. The normalized spacial score (nSPS) is 14.7. The summed E-state index contributed by atoms with van der Waals surface area (Å²) in [4.78, 5) is 26.5. The molecule has 1 aromatic heterocycles. The fraction of sp³-hybridized carbons (Fsp3) is 0.562. The fourth-order valence-corrected chi connectivity index (χ4v) is 4.49. The van der Waals surface area contributed by atoms with Crippen molar-refractivity contribution in [3.63, 3.8) is 0 Å². The largest absolute Gasteiger partial charge is 0.474 e. The Hall–Kier alpha value is -2.82. The first-order valence-corrected chi connectivity index (χ1v) is 13.8. The zero-order chi connectivity index (χ0) is 27.4. The summed E-state index contributed by atoms with van der Waals surface area (Å²) in [5, 5.41) is 0. The number of aryl methyl sites for hydroxylation is 2. The Balaban J connectivity index is 2.08. The SMILES string of the molecule is CN=CCN=C(C)C(C)c1ccc(C)cc1C(=O)CCC(C)CC(CCC(C)C)Oc1ncccc1C. The standard InChI is InChI=1S/C32H47N3O2/c1-22(2)11-14-28(37-32-25(5)10-9-17-35-32)20-23(3)13-16-31(36)30-21-24(4)12-15-29(30)26(6)27(7)34-19-18-33-8/h9-10,12,15,17-18,21-23,26,28H,11,13-14,16,19-20H2,1-8H3. The average Bonchev–Trinajstić information content (AvgIpc) is 2.86. The van der Waals surface area contributed by atoms with Crippen LogP contribution in [0.15, 0.2) is 46.5 Å². The molecule has 0 fully saturated rings. The van der Waals surface area contributed by atoms with Gasteiger partial charge in [-0.2, -0.15) is 0 Å². The van der Waals surface area contributed by atoms with Gasteiger partial charge in [0, 0.05) is 48.6 Å². The van der Waals surface area contributed by atoms with Gasteiger partial charge < -0.3 is 4.74 Å². The summed E-state index contributed by atoms with van der Waals surface area (Å²) in [5.74, 6) is 2.00. The number of carbonyl (C=O) groups excluding carboxylic acids is 1. The van der Waals surface area contributed by atoms with Gasteiger partial charge >= 0.3 is 0 Å². The van der Waals surface area contributed by atoms with E-state index in [-0.39, 0.29) is 17.8 Å². The number of aromatic nitrogens is 1. The molecule has 0 N–H and O–H groups in total. The van der Waals surface area contributed by atoms with Crippen molar-refractivity contribution in [1.29, 1.82) is 0 Å². The highest BCUT2D eigenvalue weighted by Crippen LogP contribution is 2.27. The van der Waals surface area contributed by atoms with Crippen LogP contribution in [0.2, 0.25) is 0 Å². The number of hydrogen-bond donors (Lipinski definition) is 0. The quantitative estimate of drug-likeness (QED) is 0.183. The molecule has 0 saturated heterocycles. The van der Waals surface area contributed by atoms with E-state index >= 15 is 0 Å². The van der Waals surface area contributed by atoms with Gasteiger partial charge in [0.15, 0.2) is 5.78 Å². The van der Waals surface area contributed by atoms with E-state index in [1.165, 1.54) is 0 Å². The van der Waals surface area contributed by atoms with E-state index in [0.717, 1.165) is 59.5 Å². The van der Waals surface area contributed by atoms with Gasteiger partial charge in [-0.3, -0.25) is 14.8 Å². The number of hydrogen-bond acceptors (Lipinski definition) is 5. The maximum atomic E-state index is 13.4. The minimum absolute atomic E-state index is 0.0812. The highest BCUT2D eigenvalue weighted by molar-refractivity contribution is 6.00. The minimum Gasteiger partial charge on any atom is -0.474 e. The van der Waals surface area contributed by atoms with E-state index in [0.29, 0.717) is 24.8 Å². The van der Waals surface area contributed by atoms with Gasteiger partial charge in [0.05, 0.1) is 6.54 Å². The molecule has 2 rings (SSSR count). The van der Waals surface area contributed by atoms with Crippen molar-refractivity contribution in [2.75, 3.05) is 13.6 Å². The van der Waals surface area contributed by atoms with Crippen LogP contribution in [0.1, 0.15) is 99.7 Å². The maximum Gasteiger partial charge on any atom is 0.216 e. The number of pyridine rings is 1. The smallest absolute Gasteiger partial charge is 0.216 e. The molecule has 0 radical (unpaired) electrons. The van der Waals surface area contributed by atoms with Crippen molar-refractivity contribution < 1.29 is 9.53 Å². The van der Waals surface area contributed by atoms with Crippen LogP contribution in [0.4, 0.5) is 0 Å². The molecule has 0 saturated carbocycles. The number of ether oxygens (including phenoxy) is 1. The Bertz CT molecular complexity index is 1060. The van der Waals surface area contributed by atoms with Crippen molar-refractivity contribution >= 4 is 17.7 Å². The summed E-state index contributed by atoms with van der Waals surface area (Å²) in [7, 11) is 1.75. The van der Waals surface area contributed by atoms with E-state index in [1.54, 1.807) is 19.5 Å². The van der Waals surface area contributed by atoms with Crippen LogP contribution in [-0.4, -0.2) is 42.4 Å². The van der Waals surface area contributed by atoms with Gasteiger partial charge in [0.1, 0.15) is 6.10 Å². The molecule has 2 aromatic rings. The monoisotopic (exact) mass is 505 g/mol. The predicted octanol–water partition coefficient (Wildman–Crippen LogP) is 7.84. The first-order valence-electron chi connectivity index (χ1n) is 13.8. The summed E-state index contributed by atoms with van der Waals surface area (Å²) in [6.45, 7) is 15.5. The zero-order valence-electron chi connectivity index (χ0n) is 24.3. The van der Waals surface area contributed by atoms with Gasteiger partial charge in [-0.05, 0) is 76.0 Å². The lowest BCUT2D eigenvalue weighted by molar-refractivity contribution is 0.0962. The molecule has 0 amide bonds. The topological polar surface area (TPSA) is 63.9 Å². The van der Waals surface area contributed by atoms with Crippen LogP contribution in [-0.2, 0) is 0 Å². The summed E-state index contributed by atoms with van der Waals surface area (Å²) in [6, 6.07) is 10.2. The van der Waals surface area contributed by atoms with Gasteiger partial charge in [-0.1, -0.05) is 51.5 Å². The van der Waals surface area contributed by atoms with Crippen LogP contribution in [0.5, 0.6) is 5.88 Å². The van der Waals surface area contributed by atoms with Crippen molar-refractivity contribution in [2.45, 2.75) is 92.6 Å². The third kappa shape index (κ3) is 10.2. The van der Waals surface area contributed by atoms with E-state index in [2.05, 4.69) is 54.8 Å². The Morgan fingerprint density at radius 1 is 1.08 bits per heavy atom. The third-order valence-electron chi connectivity index (χ3n) is 7.04. The van der Waals surface area contributed by atoms with Gasteiger partial charge in [0.25, 0.3) is 0 Å². The van der Waals surface area contributed by atoms with Crippen molar-refractivity contribution in [2.24, 2.45) is 21.8 Å². The third-order valence-corrected chi connectivity index (χ3v) is 7.04. The van der Waals surface area contributed by atoms with Gasteiger partial charge in [-0.25, -0.2) is 4.98 Å². The number of benzene rings is 1. The molecule has 37 heavy (non-hydrogen) atoms. The van der Waals surface area contributed by atoms with Crippen LogP contribution in [0, 0.1) is 25.7 Å². The molecule has 1 aromatic carbocycles. The molecular weight excluding hydrogens is 458 g/mol. The Kier molecular flexibility index (Phi) is 12.7. The lowest BCUT2D eigenvalue weighted by Gasteiger charge is -2.23. The van der Waals surface area contributed by atoms with Crippen molar-refractivity contribution in [1.82, 2.24) is 4.98 Å². The first-order chi connectivity index (χ1) is 17.6. The highest BCUT2D eigenvalue weighted by atomic mass is 16.5. The minimum atomic E-state index is 0.0812. The van der Waals surface area contributed by atoms with E-state index in [9.17, 15) is 4.79 Å². The van der Waals surface area contributed by atoms with Crippen molar-refractivity contribution in [3.05, 3.63) is 58.8 Å². The molecule has 5 nitrogen and oxygen atoms in total. The van der Waals surface area contributed by atoms with Crippen LogP contribution in [0.25, 0.3) is 0 Å². The lowest BCUT2D eigenvalue weighted by atomic mass is 9.87. The van der Waals surface area contributed by atoms with Crippen LogP contribution in [0.3, 0.4) is 0 Å². The number of carbonyl (C=O) groups is 1. The number of ketones is 1. The van der Waals surface area contributed by atoms with E-state index < -0.39 is 0 Å².